The molecule has 0 saturated carbocycles. The van der Waals surface area contributed by atoms with E-state index in [0.717, 1.165) is 5.56 Å². The first-order valence-electron chi connectivity index (χ1n) is 8.99. The van der Waals surface area contributed by atoms with Crippen molar-refractivity contribution in [3.05, 3.63) is 47.7 Å². The average molecular weight is 386 g/mol. The van der Waals surface area contributed by atoms with E-state index in [9.17, 15) is 9.59 Å². The van der Waals surface area contributed by atoms with Crippen LogP contribution in [0.2, 0.25) is 0 Å². The minimum atomic E-state index is -0.679. The van der Waals surface area contributed by atoms with Crippen LogP contribution < -0.4 is 14.8 Å². The maximum atomic E-state index is 12.3. The van der Waals surface area contributed by atoms with E-state index in [1.165, 1.54) is 19.4 Å². The Hall–Kier alpha value is -3.09. The van der Waals surface area contributed by atoms with Crippen LogP contribution in [0.15, 0.2) is 36.5 Å². The first-order valence-corrected chi connectivity index (χ1v) is 8.99. The van der Waals surface area contributed by atoms with Crippen molar-refractivity contribution in [1.29, 1.82) is 0 Å². The van der Waals surface area contributed by atoms with E-state index >= 15 is 0 Å². The van der Waals surface area contributed by atoms with Crippen LogP contribution in [0.1, 0.15) is 43.6 Å². The van der Waals surface area contributed by atoms with Crippen molar-refractivity contribution in [2.24, 2.45) is 0 Å². The Labute approximate surface area is 165 Å². The van der Waals surface area contributed by atoms with Gasteiger partial charge in [0.1, 0.15) is 11.3 Å². The van der Waals surface area contributed by atoms with E-state index in [1.807, 2.05) is 12.1 Å². The summed E-state index contributed by atoms with van der Waals surface area (Å²) in [6.45, 7) is 7.93. The Bertz CT molecular complexity index is 843. The highest BCUT2D eigenvalue weighted by Crippen LogP contribution is 2.31. The van der Waals surface area contributed by atoms with Gasteiger partial charge >= 0.3 is 5.97 Å². The molecule has 28 heavy (non-hydrogen) atoms. The maximum absolute atomic E-state index is 12.3. The van der Waals surface area contributed by atoms with E-state index in [2.05, 4.69) is 31.1 Å². The molecule has 0 bridgehead atoms. The third-order valence-electron chi connectivity index (χ3n) is 3.95. The molecule has 0 aliphatic rings. The lowest BCUT2D eigenvalue weighted by atomic mass is 9.87. The molecule has 7 nitrogen and oxygen atoms in total. The Morgan fingerprint density at radius 3 is 2.57 bits per heavy atom. The number of aromatic nitrogens is 1. The molecule has 2 aromatic rings. The number of amides is 1. The number of pyridine rings is 1. The first-order chi connectivity index (χ1) is 13.3. The smallest absolute Gasteiger partial charge is 0.344 e. The molecule has 0 radical (unpaired) electrons. The van der Waals surface area contributed by atoms with Crippen LogP contribution in [-0.4, -0.2) is 37.2 Å². The minimum absolute atomic E-state index is 0.0891. The second-order valence-electron chi connectivity index (χ2n) is 7.08. The molecule has 1 N–H and O–H groups in total. The van der Waals surface area contributed by atoms with Crippen molar-refractivity contribution in [1.82, 2.24) is 4.98 Å². The van der Waals surface area contributed by atoms with Gasteiger partial charge in [0.15, 0.2) is 6.61 Å². The molecular formula is C21H26N2O5. The monoisotopic (exact) mass is 386 g/mol. The zero-order chi connectivity index (χ0) is 20.7. The normalized spacial score (nSPS) is 10.9. The summed E-state index contributed by atoms with van der Waals surface area (Å²) in [5.74, 6) is -0.449. The summed E-state index contributed by atoms with van der Waals surface area (Å²) >= 11 is 0. The first kappa shape index (κ1) is 21.2. The molecule has 0 atom stereocenters. The fraction of sp³-hybridized carbons (Fsp3) is 0.381. The van der Waals surface area contributed by atoms with Crippen molar-refractivity contribution < 1.29 is 23.8 Å². The summed E-state index contributed by atoms with van der Waals surface area (Å²) in [5.41, 5.74) is 1.64. The standard InChI is InChI=1S/C21H26N2O5/c1-6-27-19-15(8-7-11-22-19)20(25)28-13-18(24)23-16-12-14(21(2,3)4)9-10-17(16)26-5/h7-12H,6,13H2,1-5H3,(H,23,24). The molecule has 1 aromatic heterocycles. The number of carbonyl (C=O) groups is 2. The number of ether oxygens (including phenoxy) is 3. The Kier molecular flexibility index (Phi) is 6.98. The molecule has 2 rings (SSSR count). The van der Waals surface area contributed by atoms with Gasteiger partial charge in [-0.1, -0.05) is 26.8 Å². The lowest BCUT2D eigenvalue weighted by Crippen LogP contribution is -2.22. The third kappa shape index (κ3) is 5.45. The number of anilines is 1. The number of nitrogens with one attached hydrogen (secondary N) is 1. The summed E-state index contributed by atoms with van der Waals surface area (Å²) in [6.07, 6.45) is 1.52. The highest BCUT2D eigenvalue weighted by molar-refractivity contribution is 5.97. The quantitative estimate of drug-likeness (QED) is 0.732. The van der Waals surface area contributed by atoms with E-state index in [-0.39, 0.29) is 16.9 Å². The van der Waals surface area contributed by atoms with Crippen molar-refractivity contribution in [2.45, 2.75) is 33.1 Å². The zero-order valence-electron chi connectivity index (χ0n) is 16.9. The maximum Gasteiger partial charge on any atom is 0.344 e. The molecule has 1 aromatic carbocycles. The Balaban J connectivity index is 2.06. The summed E-state index contributed by atoms with van der Waals surface area (Å²) in [6, 6.07) is 8.74. The SMILES string of the molecule is CCOc1ncccc1C(=O)OCC(=O)Nc1cc(C(C)(C)C)ccc1OC. The lowest BCUT2D eigenvalue weighted by Gasteiger charge is -2.21. The van der Waals surface area contributed by atoms with Crippen molar-refractivity contribution >= 4 is 17.6 Å². The zero-order valence-corrected chi connectivity index (χ0v) is 16.9. The number of esters is 1. The highest BCUT2D eigenvalue weighted by atomic mass is 16.5. The largest absolute Gasteiger partial charge is 0.495 e. The predicted molar refractivity (Wildman–Crippen MR) is 106 cm³/mol. The van der Waals surface area contributed by atoms with Crippen LogP contribution >= 0.6 is 0 Å². The van der Waals surface area contributed by atoms with E-state index in [0.29, 0.717) is 18.0 Å². The molecule has 1 amide bonds. The second-order valence-corrected chi connectivity index (χ2v) is 7.08. The van der Waals surface area contributed by atoms with Crippen LogP contribution in [0.25, 0.3) is 0 Å². The number of methoxy groups -OCH3 is 1. The molecule has 0 spiro atoms. The van der Waals surface area contributed by atoms with Gasteiger partial charge in [-0.15, -0.1) is 0 Å². The van der Waals surface area contributed by atoms with Crippen LogP contribution in [0.4, 0.5) is 5.69 Å². The van der Waals surface area contributed by atoms with Crippen LogP contribution in [-0.2, 0) is 14.9 Å². The summed E-state index contributed by atoms with van der Waals surface area (Å²) in [4.78, 5) is 28.6. The van der Waals surface area contributed by atoms with Gasteiger partial charge in [0.25, 0.3) is 5.91 Å². The van der Waals surface area contributed by atoms with Crippen LogP contribution in [0, 0.1) is 0 Å². The predicted octanol–water partition coefficient (Wildman–Crippen LogP) is 3.58. The van der Waals surface area contributed by atoms with Gasteiger partial charge in [0.2, 0.25) is 5.88 Å². The number of benzene rings is 1. The minimum Gasteiger partial charge on any atom is -0.495 e. The van der Waals surface area contributed by atoms with Crippen LogP contribution in [0.5, 0.6) is 11.6 Å². The molecule has 0 unspecified atom stereocenters. The Morgan fingerprint density at radius 1 is 1.18 bits per heavy atom. The van der Waals surface area contributed by atoms with Crippen LogP contribution in [0.3, 0.4) is 0 Å². The van der Waals surface area contributed by atoms with Gasteiger partial charge < -0.3 is 19.5 Å². The van der Waals surface area contributed by atoms with Gasteiger partial charge in [-0.2, -0.15) is 0 Å². The van der Waals surface area contributed by atoms with E-state index < -0.39 is 18.5 Å². The molecule has 0 saturated heterocycles. The summed E-state index contributed by atoms with van der Waals surface area (Å²) < 4.78 is 15.7. The van der Waals surface area contributed by atoms with Gasteiger partial charge in [-0.25, -0.2) is 9.78 Å². The number of nitrogens with zero attached hydrogens (tertiary/aromatic N) is 1. The third-order valence-corrected chi connectivity index (χ3v) is 3.95. The Morgan fingerprint density at radius 2 is 1.93 bits per heavy atom. The average Bonchev–Trinajstić information content (AvgIpc) is 2.66. The van der Waals surface area contributed by atoms with Gasteiger partial charge in [-0.3, -0.25) is 4.79 Å². The van der Waals surface area contributed by atoms with Gasteiger partial charge in [0, 0.05) is 6.20 Å². The fourth-order valence-electron chi connectivity index (χ4n) is 2.47. The fourth-order valence-corrected chi connectivity index (χ4v) is 2.47. The molecule has 0 aliphatic heterocycles. The number of rotatable bonds is 7. The number of hydrogen-bond donors (Lipinski definition) is 1. The number of carbonyl (C=O) groups excluding carboxylic acids is 2. The lowest BCUT2D eigenvalue weighted by molar-refractivity contribution is -0.119. The molecule has 0 aliphatic carbocycles. The van der Waals surface area contributed by atoms with Gasteiger partial charge in [0.05, 0.1) is 19.4 Å². The molecule has 1 heterocycles. The second kappa shape index (κ2) is 9.21. The van der Waals surface area contributed by atoms with Crippen molar-refractivity contribution in [3.8, 4) is 11.6 Å². The summed E-state index contributed by atoms with van der Waals surface area (Å²) in [7, 11) is 1.53. The van der Waals surface area contributed by atoms with E-state index in [4.69, 9.17) is 14.2 Å². The van der Waals surface area contributed by atoms with Gasteiger partial charge in [-0.05, 0) is 42.2 Å². The molecule has 0 fully saturated rings. The topological polar surface area (TPSA) is 86.8 Å². The van der Waals surface area contributed by atoms with Crippen molar-refractivity contribution in [2.75, 3.05) is 25.6 Å². The molecular weight excluding hydrogens is 360 g/mol. The highest BCUT2D eigenvalue weighted by Gasteiger charge is 2.19. The van der Waals surface area contributed by atoms with E-state index in [1.54, 1.807) is 19.1 Å². The molecule has 150 valence electrons. The number of hydrogen-bond acceptors (Lipinski definition) is 6. The molecule has 7 heteroatoms. The summed E-state index contributed by atoms with van der Waals surface area (Å²) in [5, 5.41) is 2.73. The van der Waals surface area contributed by atoms with Crippen molar-refractivity contribution in [3.63, 3.8) is 0 Å².